The normalized spacial score (nSPS) is 23.1. The van der Waals surface area contributed by atoms with Crippen LogP contribution in [0.15, 0.2) is 22.7 Å². The summed E-state index contributed by atoms with van der Waals surface area (Å²) in [5, 5.41) is 12.3. The molecular weight excluding hydrogens is 313 g/mol. The van der Waals surface area contributed by atoms with Gasteiger partial charge in [0.2, 0.25) is 0 Å². The van der Waals surface area contributed by atoms with Crippen molar-refractivity contribution >= 4 is 21.8 Å². The number of hydrogen-bond donors (Lipinski definition) is 2. The summed E-state index contributed by atoms with van der Waals surface area (Å²) in [6.45, 7) is 0.612. The largest absolute Gasteiger partial charge is 0.393 e. The number of rotatable bonds is 3. The molecular formula is C14H17BrFNO2. The molecule has 0 spiro atoms. The van der Waals surface area contributed by atoms with Crippen molar-refractivity contribution in [1.82, 2.24) is 5.32 Å². The van der Waals surface area contributed by atoms with Crippen LogP contribution in [0.25, 0.3) is 0 Å². The Morgan fingerprint density at radius 3 is 2.68 bits per heavy atom. The number of nitrogens with one attached hydrogen (secondary N) is 1. The number of amides is 1. The third kappa shape index (κ3) is 4.01. The van der Waals surface area contributed by atoms with E-state index in [0.717, 1.165) is 25.7 Å². The highest BCUT2D eigenvalue weighted by atomic mass is 79.9. The van der Waals surface area contributed by atoms with E-state index in [1.807, 2.05) is 0 Å². The summed E-state index contributed by atoms with van der Waals surface area (Å²) in [6, 6.07) is 4.23. The van der Waals surface area contributed by atoms with Gasteiger partial charge in [0.1, 0.15) is 5.82 Å². The number of carbonyl (C=O) groups is 1. The number of aliphatic hydroxyl groups excluding tert-OH is 1. The second-order valence-electron chi connectivity index (χ2n) is 5.01. The van der Waals surface area contributed by atoms with Crippen molar-refractivity contribution in [2.45, 2.75) is 31.8 Å². The highest BCUT2D eigenvalue weighted by molar-refractivity contribution is 9.10. The first kappa shape index (κ1) is 14.5. The predicted molar refractivity (Wildman–Crippen MR) is 74.4 cm³/mol. The summed E-state index contributed by atoms with van der Waals surface area (Å²) in [7, 11) is 0. The van der Waals surface area contributed by atoms with Crippen LogP contribution in [0.4, 0.5) is 4.39 Å². The van der Waals surface area contributed by atoms with Crippen molar-refractivity contribution in [2.75, 3.05) is 6.54 Å². The highest BCUT2D eigenvalue weighted by Gasteiger charge is 2.20. The molecule has 0 heterocycles. The first-order chi connectivity index (χ1) is 9.06. The average molecular weight is 330 g/mol. The first-order valence-electron chi connectivity index (χ1n) is 6.47. The van der Waals surface area contributed by atoms with Gasteiger partial charge in [-0.15, -0.1) is 0 Å². The summed E-state index contributed by atoms with van der Waals surface area (Å²) in [5.74, 6) is -0.138. The van der Waals surface area contributed by atoms with E-state index in [4.69, 9.17) is 0 Å². The van der Waals surface area contributed by atoms with Crippen molar-refractivity contribution in [3.05, 3.63) is 34.1 Å². The molecule has 0 unspecified atom stereocenters. The Kier molecular flexibility index (Phi) is 4.93. The van der Waals surface area contributed by atoms with Crippen LogP contribution in [-0.4, -0.2) is 23.7 Å². The molecule has 0 saturated heterocycles. The van der Waals surface area contributed by atoms with Gasteiger partial charge in [0.05, 0.1) is 10.6 Å². The fourth-order valence-corrected chi connectivity index (χ4v) is 2.70. The summed E-state index contributed by atoms with van der Waals surface area (Å²) < 4.78 is 13.4. The molecule has 3 nitrogen and oxygen atoms in total. The second-order valence-corrected chi connectivity index (χ2v) is 5.87. The average Bonchev–Trinajstić information content (AvgIpc) is 2.41. The van der Waals surface area contributed by atoms with Crippen LogP contribution in [0.3, 0.4) is 0 Å². The zero-order valence-corrected chi connectivity index (χ0v) is 12.1. The monoisotopic (exact) mass is 329 g/mol. The smallest absolute Gasteiger partial charge is 0.251 e. The molecule has 1 aliphatic rings. The van der Waals surface area contributed by atoms with Gasteiger partial charge in [-0.3, -0.25) is 4.79 Å². The molecule has 1 aromatic rings. The van der Waals surface area contributed by atoms with Crippen LogP contribution in [0.1, 0.15) is 36.0 Å². The first-order valence-corrected chi connectivity index (χ1v) is 7.27. The molecule has 2 rings (SSSR count). The number of aliphatic hydroxyl groups is 1. The zero-order chi connectivity index (χ0) is 13.8. The summed E-state index contributed by atoms with van der Waals surface area (Å²) >= 11 is 3.07. The quantitative estimate of drug-likeness (QED) is 0.895. The minimum Gasteiger partial charge on any atom is -0.393 e. The van der Waals surface area contributed by atoms with Crippen LogP contribution >= 0.6 is 15.9 Å². The van der Waals surface area contributed by atoms with Gasteiger partial charge < -0.3 is 10.4 Å². The molecule has 0 radical (unpaired) electrons. The molecule has 0 aromatic heterocycles. The van der Waals surface area contributed by atoms with E-state index in [1.165, 1.54) is 18.2 Å². The molecule has 1 aliphatic carbocycles. The van der Waals surface area contributed by atoms with Crippen LogP contribution in [-0.2, 0) is 0 Å². The van der Waals surface area contributed by atoms with Crippen molar-refractivity contribution < 1.29 is 14.3 Å². The molecule has 0 bridgehead atoms. The van der Waals surface area contributed by atoms with E-state index in [9.17, 15) is 14.3 Å². The van der Waals surface area contributed by atoms with Gasteiger partial charge in [-0.2, -0.15) is 0 Å². The molecule has 1 aromatic carbocycles. The van der Waals surface area contributed by atoms with E-state index < -0.39 is 0 Å². The van der Waals surface area contributed by atoms with E-state index in [2.05, 4.69) is 21.2 Å². The third-order valence-electron chi connectivity index (χ3n) is 3.55. The fraction of sp³-hybridized carbons (Fsp3) is 0.500. The molecule has 1 amide bonds. The van der Waals surface area contributed by atoms with E-state index in [-0.39, 0.29) is 17.8 Å². The number of carbonyl (C=O) groups excluding carboxylic acids is 1. The lowest BCUT2D eigenvalue weighted by Crippen LogP contribution is -2.32. The van der Waals surface area contributed by atoms with Gasteiger partial charge in [0.15, 0.2) is 0 Å². The van der Waals surface area contributed by atoms with Gasteiger partial charge >= 0.3 is 0 Å². The van der Waals surface area contributed by atoms with Crippen molar-refractivity contribution in [2.24, 2.45) is 5.92 Å². The maximum Gasteiger partial charge on any atom is 0.251 e. The van der Waals surface area contributed by atoms with Gasteiger partial charge in [-0.1, -0.05) is 0 Å². The van der Waals surface area contributed by atoms with Gasteiger partial charge in [0.25, 0.3) is 5.91 Å². The van der Waals surface area contributed by atoms with Crippen molar-refractivity contribution in [3.63, 3.8) is 0 Å². The summed E-state index contributed by atoms with van der Waals surface area (Å²) in [4.78, 5) is 11.9. The summed E-state index contributed by atoms with van der Waals surface area (Å²) in [5.41, 5.74) is 0.448. The maximum atomic E-state index is 13.1. The molecule has 5 heteroatoms. The Labute approximate surface area is 120 Å². The van der Waals surface area contributed by atoms with E-state index >= 15 is 0 Å². The number of hydrogen-bond acceptors (Lipinski definition) is 2. The van der Waals surface area contributed by atoms with Crippen LogP contribution in [0.5, 0.6) is 0 Å². The SMILES string of the molecule is O=C(NCC1CCC(O)CC1)c1ccc(F)c(Br)c1. The Morgan fingerprint density at radius 1 is 1.37 bits per heavy atom. The van der Waals surface area contributed by atoms with Gasteiger partial charge in [-0.05, 0) is 65.7 Å². The summed E-state index contributed by atoms with van der Waals surface area (Å²) in [6.07, 6.45) is 3.31. The Morgan fingerprint density at radius 2 is 2.05 bits per heavy atom. The van der Waals surface area contributed by atoms with E-state index in [1.54, 1.807) is 0 Å². The minimum absolute atomic E-state index is 0.181. The third-order valence-corrected chi connectivity index (χ3v) is 4.16. The molecule has 19 heavy (non-hydrogen) atoms. The van der Waals surface area contributed by atoms with Gasteiger partial charge in [0, 0.05) is 12.1 Å². The predicted octanol–water partition coefficient (Wildman–Crippen LogP) is 2.87. The van der Waals surface area contributed by atoms with E-state index in [0.29, 0.717) is 22.5 Å². The molecule has 0 aliphatic heterocycles. The molecule has 0 atom stereocenters. The molecule has 104 valence electrons. The number of benzene rings is 1. The minimum atomic E-state index is -0.377. The molecule has 1 saturated carbocycles. The van der Waals surface area contributed by atoms with Crippen molar-refractivity contribution in [1.29, 1.82) is 0 Å². The maximum absolute atomic E-state index is 13.1. The lowest BCUT2D eigenvalue weighted by Gasteiger charge is -2.25. The molecule has 1 fully saturated rings. The second kappa shape index (κ2) is 6.48. The Hall–Kier alpha value is -0.940. The highest BCUT2D eigenvalue weighted by Crippen LogP contribution is 2.23. The standard InChI is InChI=1S/C14H17BrFNO2/c15-12-7-10(3-6-13(12)16)14(19)17-8-9-1-4-11(18)5-2-9/h3,6-7,9,11,18H,1-2,4-5,8H2,(H,17,19). The Balaban J connectivity index is 1.85. The topological polar surface area (TPSA) is 49.3 Å². The van der Waals surface area contributed by atoms with Crippen LogP contribution < -0.4 is 5.32 Å². The lowest BCUT2D eigenvalue weighted by molar-refractivity contribution is 0.0910. The zero-order valence-electron chi connectivity index (χ0n) is 10.5. The van der Waals surface area contributed by atoms with Gasteiger partial charge in [-0.25, -0.2) is 4.39 Å². The number of halogens is 2. The van der Waals surface area contributed by atoms with Crippen LogP contribution in [0, 0.1) is 11.7 Å². The molecule has 2 N–H and O–H groups in total. The fourth-order valence-electron chi connectivity index (χ4n) is 2.33. The van der Waals surface area contributed by atoms with Crippen molar-refractivity contribution in [3.8, 4) is 0 Å². The van der Waals surface area contributed by atoms with Crippen LogP contribution in [0.2, 0.25) is 0 Å². The Bertz CT molecular complexity index is 459. The lowest BCUT2D eigenvalue weighted by atomic mass is 9.87.